The van der Waals surface area contributed by atoms with Crippen molar-refractivity contribution in [3.8, 4) is 22.4 Å². The monoisotopic (exact) mass is 304 g/mol. The number of pyridine rings is 1. The van der Waals surface area contributed by atoms with E-state index in [1.807, 2.05) is 31.3 Å². The highest BCUT2D eigenvalue weighted by Gasteiger charge is 2.13. The molecule has 23 heavy (non-hydrogen) atoms. The summed E-state index contributed by atoms with van der Waals surface area (Å²) in [6, 6.07) is 10.3. The van der Waals surface area contributed by atoms with Gasteiger partial charge in [-0.1, -0.05) is 12.1 Å². The van der Waals surface area contributed by atoms with Gasteiger partial charge in [-0.2, -0.15) is 5.10 Å². The minimum absolute atomic E-state index is 0.281. The first-order chi connectivity index (χ1) is 11.2. The summed E-state index contributed by atoms with van der Waals surface area (Å²) >= 11 is 0. The average Bonchev–Trinajstić information content (AvgIpc) is 2.99. The number of hydrogen-bond acceptors (Lipinski definition) is 3. The molecule has 0 N–H and O–H groups in total. The van der Waals surface area contributed by atoms with Crippen molar-refractivity contribution in [1.29, 1.82) is 0 Å². The van der Waals surface area contributed by atoms with Crippen LogP contribution in [-0.2, 0) is 0 Å². The lowest BCUT2D eigenvalue weighted by Crippen LogP contribution is -1.97. The van der Waals surface area contributed by atoms with E-state index in [0.717, 1.165) is 33.6 Å². The highest BCUT2D eigenvalue weighted by Crippen LogP contribution is 2.28. The van der Waals surface area contributed by atoms with Crippen LogP contribution in [0.4, 0.5) is 4.39 Å². The second kappa shape index (κ2) is 5.28. The van der Waals surface area contributed by atoms with Crippen LogP contribution in [-0.4, -0.2) is 19.6 Å². The number of nitrogens with zero attached hydrogens (tertiary/aromatic N) is 4. The first-order valence-electron chi connectivity index (χ1n) is 7.24. The standard InChI is InChI=1S/C18H13FN4/c1-12-5-7-20-10-16(12)15-6-8-22-23-17(11-21-18(15)23)13-3-2-4-14(19)9-13/h2-11H,1H3. The number of halogens is 1. The molecular weight excluding hydrogens is 291 g/mol. The van der Waals surface area contributed by atoms with Gasteiger partial charge in [0, 0.05) is 35.3 Å². The van der Waals surface area contributed by atoms with Crippen LogP contribution in [0.3, 0.4) is 0 Å². The van der Waals surface area contributed by atoms with E-state index in [4.69, 9.17) is 0 Å². The summed E-state index contributed by atoms with van der Waals surface area (Å²) in [5.41, 5.74) is 5.30. The fourth-order valence-electron chi connectivity index (χ4n) is 2.70. The fourth-order valence-corrected chi connectivity index (χ4v) is 2.70. The van der Waals surface area contributed by atoms with Gasteiger partial charge in [-0.25, -0.2) is 13.9 Å². The Morgan fingerprint density at radius 1 is 1.00 bits per heavy atom. The van der Waals surface area contributed by atoms with Gasteiger partial charge in [-0.3, -0.25) is 4.98 Å². The van der Waals surface area contributed by atoms with E-state index in [0.29, 0.717) is 0 Å². The molecule has 0 radical (unpaired) electrons. The molecule has 0 atom stereocenters. The molecule has 0 fully saturated rings. The molecule has 0 aliphatic rings. The molecule has 0 spiro atoms. The summed E-state index contributed by atoms with van der Waals surface area (Å²) in [6.07, 6.45) is 7.02. The molecule has 1 aromatic carbocycles. The van der Waals surface area contributed by atoms with Gasteiger partial charge in [0.05, 0.1) is 11.9 Å². The van der Waals surface area contributed by atoms with Gasteiger partial charge in [0.15, 0.2) is 5.65 Å². The Kier molecular flexibility index (Phi) is 3.12. The van der Waals surface area contributed by atoms with Crippen molar-refractivity contribution >= 4 is 5.65 Å². The van der Waals surface area contributed by atoms with Crippen molar-refractivity contribution in [3.63, 3.8) is 0 Å². The van der Waals surface area contributed by atoms with Gasteiger partial charge in [0.1, 0.15) is 5.82 Å². The molecule has 0 unspecified atom stereocenters. The quantitative estimate of drug-likeness (QED) is 0.564. The van der Waals surface area contributed by atoms with E-state index < -0.39 is 0 Å². The molecule has 4 aromatic rings. The SMILES string of the molecule is Cc1ccncc1-c1ccnn2c(-c3cccc(F)c3)cnc12. The first kappa shape index (κ1) is 13.6. The van der Waals surface area contributed by atoms with Crippen molar-refractivity contribution in [1.82, 2.24) is 19.6 Å². The van der Waals surface area contributed by atoms with Gasteiger partial charge >= 0.3 is 0 Å². The van der Waals surface area contributed by atoms with Crippen LogP contribution in [0, 0.1) is 12.7 Å². The number of benzene rings is 1. The number of rotatable bonds is 2. The molecule has 5 heteroatoms. The van der Waals surface area contributed by atoms with E-state index in [2.05, 4.69) is 15.1 Å². The number of fused-ring (bicyclic) bond motifs is 1. The zero-order valence-corrected chi connectivity index (χ0v) is 12.4. The van der Waals surface area contributed by atoms with Gasteiger partial charge < -0.3 is 0 Å². The summed E-state index contributed by atoms with van der Waals surface area (Å²) < 4.78 is 15.2. The molecule has 3 heterocycles. The Balaban J connectivity index is 1.96. The molecular formula is C18H13FN4. The minimum Gasteiger partial charge on any atom is -0.264 e. The van der Waals surface area contributed by atoms with Crippen LogP contribution in [0.5, 0.6) is 0 Å². The molecule has 3 aromatic heterocycles. The zero-order chi connectivity index (χ0) is 15.8. The summed E-state index contributed by atoms with van der Waals surface area (Å²) in [4.78, 5) is 8.69. The molecule has 0 aliphatic heterocycles. The van der Waals surface area contributed by atoms with E-state index >= 15 is 0 Å². The van der Waals surface area contributed by atoms with Crippen molar-refractivity contribution in [2.75, 3.05) is 0 Å². The number of hydrogen-bond donors (Lipinski definition) is 0. The Morgan fingerprint density at radius 3 is 2.74 bits per heavy atom. The molecule has 4 nitrogen and oxygen atoms in total. The predicted octanol–water partition coefficient (Wildman–Crippen LogP) is 3.91. The minimum atomic E-state index is -0.281. The van der Waals surface area contributed by atoms with Crippen molar-refractivity contribution < 1.29 is 4.39 Å². The molecule has 4 rings (SSSR count). The van der Waals surface area contributed by atoms with Crippen LogP contribution in [0.15, 0.2) is 61.2 Å². The number of imidazole rings is 1. The lowest BCUT2D eigenvalue weighted by Gasteiger charge is -2.07. The second-order valence-corrected chi connectivity index (χ2v) is 5.32. The largest absolute Gasteiger partial charge is 0.264 e. The highest BCUT2D eigenvalue weighted by molar-refractivity contribution is 5.80. The molecule has 0 saturated heterocycles. The van der Waals surface area contributed by atoms with Gasteiger partial charge in [0.25, 0.3) is 0 Å². The van der Waals surface area contributed by atoms with Crippen molar-refractivity contribution in [2.45, 2.75) is 6.92 Å². The van der Waals surface area contributed by atoms with Gasteiger partial charge in [-0.05, 0) is 36.8 Å². The van der Waals surface area contributed by atoms with Gasteiger partial charge in [-0.15, -0.1) is 0 Å². The molecule has 0 saturated carbocycles. The topological polar surface area (TPSA) is 43.1 Å². The van der Waals surface area contributed by atoms with Crippen LogP contribution < -0.4 is 0 Å². The summed E-state index contributed by atoms with van der Waals surface area (Å²) in [5.74, 6) is -0.281. The van der Waals surface area contributed by atoms with E-state index in [1.165, 1.54) is 12.1 Å². The molecule has 0 aliphatic carbocycles. The molecule has 0 amide bonds. The smallest absolute Gasteiger partial charge is 0.162 e. The fraction of sp³-hybridized carbons (Fsp3) is 0.0556. The third-order valence-electron chi connectivity index (χ3n) is 3.85. The van der Waals surface area contributed by atoms with Crippen LogP contribution in [0.1, 0.15) is 5.56 Å². The Morgan fingerprint density at radius 2 is 1.91 bits per heavy atom. The number of aromatic nitrogens is 4. The number of aryl methyl sites for hydroxylation is 1. The first-order valence-corrected chi connectivity index (χ1v) is 7.24. The normalized spacial score (nSPS) is 11.0. The average molecular weight is 304 g/mol. The Labute approximate surface area is 132 Å². The maximum Gasteiger partial charge on any atom is 0.162 e. The van der Waals surface area contributed by atoms with E-state index in [9.17, 15) is 4.39 Å². The Hall–Kier alpha value is -3.08. The van der Waals surface area contributed by atoms with Crippen LogP contribution >= 0.6 is 0 Å². The zero-order valence-electron chi connectivity index (χ0n) is 12.4. The highest BCUT2D eigenvalue weighted by atomic mass is 19.1. The van der Waals surface area contributed by atoms with E-state index in [-0.39, 0.29) is 5.82 Å². The van der Waals surface area contributed by atoms with Crippen molar-refractivity contribution in [2.24, 2.45) is 0 Å². The Bertz CT molecular complexity index is 1010. The maximum atomic E-state index is 13.5. The third-order valence-corrected chi connectivity index (χ3v) is 3.85. The van der Waals surface area contributed by atoms with Gasteiger partial charge in [0.2, 0.25) is 0 Å². The van der Waals surface area contributed by atoms with Crippen molar-refractivity contribution in [3.05, 3.63) is 72.6 Å². The summed E-state index contributed by atoms with van der Waals surface area (Å²) in [6.45, 7) is 2.03. The van der Waals surface area contributed by atoms with Crippen LogP contribution in [0.2, 0.25) is 0 Å². The maximum absolute atomic E-state index is 13.5. The third kappa shape index (κ3) is 2.26. The molecule has 0 bridgehead atoms. The molecule has 112 valence electrons. The summed E-state index contributed by atoms with van der Waals surface area (Å²) in [5, 5.41) is 4.37. The van der Waals surface area contributed by atoms with Crippen LogP contribution in [0.25, 0.3) is 28.0 Å². The predicted molar refractivity (Wildman–Crippen MR) is 86.3 cm³/mol. The summed E-state index contributed by atoms with van der Waals surface area (Å²) in [7, 11) is 0. The van der Waals surface area contributed by atoms with E-state index in [1.54, 1.807) is 29.2 Å². The lowest BCUT2D eigenvalue weighted by atomic mass is 10.1. The second-order valence-electron chi connectivity index (χ2n) is 5.32. The lowest BCUT2D eigenvalue weighted by molar-refractivity contribution is 0.628.